The van der Waals surface area contributed by atoms with Crippen LogP contribution in [0.4, 0.5) is 5.82 Å². The zero-order valence-corrected chi connectivity index (χ0v) is 18.9. The van der Waals surface area contributed by atoms with Gasteiger partial charge in [-0.25, -0.2) is 9.97 Å². The molecule has 1 atom stereocenters. The number of halogens is 1. The number of amides is 1. The molecule has 33 heavy (non-hydrogen) atoms. The van der Waals surface area contributed by atoms with Crippen LogP contribution in [0.25, 0.3) is 5.95 Å². The molecule has 0 saturated heterocycles. The molecule has 6 N–H and O–H groups in total. The first kappa shape index (κ1) is 23.8. The first-order valence-corrected chi connectivity index (χ1v) is 10.6. The van der Waals surface area contributed by atoms with Gasteiger partial charge in [-0.15, -0.1) is 0 Å². The minimum Gasteiger partial charge on any atom is -0.497 e. The van der Waals surface area contributed by atoms with E-state index in [2.05, 4.69) is 30.6 Å². The molecule has 0 aliphatic carbocycles. The van der Waals surface area contributed by atoms with E-state index in [0.29, 0.717) is 37.7 Å². The number of anilines is 1. The van der Waals surface area contributed by atoms with E-state index in [1.165, 1.54) is 0 Å². The van der Waals surface area contributed by atoms with Gasteiger partial charge in [-0.3, -0.25) is 14.4 Å². The fourth-order valence-corrected chi connectivity index (χ4v) is 3.16. The summed E-state index contributed by atoms with van der Waals surface area (Å²) < 4.78 is 6.78. The quantitative estimate of drug-likeness (QED) is 0.142. The highest BCUT2D eigenvalue weighted by Crippen LogP contribution is 2.17. The van der Waals surface area contributed by atoms with Crippen LogP contribution < -0.4 is 26.8 Å². The van der Waals surface area contributed by atoms with E-state index in [1.807, 2.05) is 24.3 Å². The average Bonchev–Trinajstić information content (AvgIpc) is 3.34. The topological polar surface area (TPSA) is 158 Å². The Bertz CT molecular complexity index is 1070. The van der Waals surface area contributed by atoms with Crippen LogP contribution in [0.5, 0.6) is 5.75 Å². The molecule has 1 aromatic carbocycles. The Morgan fingerprint density at radius 3 is 2.73 bits per heavy atom. The van der Waals surface area contributed by atoms with Crippen LogP contribution in [0, 0.1) is 0 Å². The molecular weight excluding hydrogens is 446 g/mol. The lowest BCUT2D eigenvalue weighted by molar-refractivity contribution is -0.122. The van der Waals surface area contributed by atoms with E-state index in [-0.39, 0.29) is 17.0 Å². The summed E-state index contributed by atoms with van der Waals surface area (Å²) in [6.45, 7) is 0.761. The number of nitrogens with zero attached hydrogens (tertiary/aromatic N) is 5. The number of hydrogen-bond acceptors (Lipinski definition) is 7. The number of guanidine groups is 1. The third-order valence-corrected chi connectivity index (χ3v) is 4.82. The summed E-state index contributed by atoms with van der Waals surface area (Å²) in [5.41, 5.74) is 11.7. The molecule has 174 valence electrons. The second-order valence-corrected chi connectivity index (χ2v) is 7.44. The summed E-state index contributed by atoms with van der Waals surface area (Å²) in [6.07, 6.45) is 5.91. The fraction of sp³-hybridized carbons (Fsp3) is 0.286. The van der Waals surface area contributed by atoms with Crippen molar-refractivity contribution in [1.82, 2.24) is 24.8 Å². The Hall–Kier alpha value is -3.86. The van der Waals surface area contributed by atoms with Gasteiger partial charge in [-0.2, -0.15) is 4.98 Å². The van der Waals surface area contributed by atoms with Gasteiger partial charge in [0.2, 0.25) is 11.9 Å². The highest BCUT2D eigenvalue weighted by Gasteiger charge is 2.19. The predicted octanol–water partition coefficient (Wildman–Crippen LogP) is 1.47. The Labute approximate surface area is 196 Å². The molecular formula is C21H26ClN9O2. The summed E-state index contributed by atoms with van der Waals surface area (Å²) in [5.74, 6) is 1.30. The molecule has 0 spiro atoms. The van der Waals surface area contributed by atoms with Crippen molar-refractivity contribution in [2.75, 3.05) is 19.0 Å². The van der Waals surface area contributed by atoms with E-state index >= 15 is 0 Å². The van der Waals surface area contributed by atoms with Crippen molar-refractivity contribution < 1.29 is 9.53 Å². The standard InChI is InChI=1S/C21H26ClN9O2/c1-33-15-6-4-14(5-7-15)12-27-19(32)16(3-2-8-26-20(23)24)28-18-11-17(22)29-21(30-18)31-10-9-25-13-31/h4-7,9-11,13,16H,2-3,8,12H2,1H3,(H,27,32)(H4,23,24,26)(H,28,29,30). The van der Waals surface area contributed by atoms with Gasteiger partial charge in [-0.1, -0.05) is 23.7 Å². The molecule has 1 amide bonds. The minimum absolute atomic E-state index is 0.0102. The SMILES string of the molecule is COc1ccc(CNC(=O)C(CCCN=C(N)N)Nc2cc(Cl)nc(-n3ccnc3)n2)cc1. The average molecular weight is 472 g/mol. The van der Waals surface area contributed by atoms with Gasteiger partial charge in [0.1, 0.15) is 29.1 Å². The zero-order valence-electron chi connectivity index (χ0n) is 18.1. The number of benzene rings is 1. The summed E-state index contributed by atoms with van der Waals surface area (Å²) in [5, 5.41) is 6.33. The largest absolute Gasteiger partial charge is 0.497 e. The van der Waals surface area contributed by atoms with Gasteiger partial charge in [0.25, 0.3) is 0 Å². The van der Waals surface area contributed by atoms with Crippen molar-refractivity contribution in [3.05, 3.63) is 59.8 Å². The Kier molecular flexibility index (Phi) is 8.42. The Morgan fingerprint density at radius 1 is 1.27 bits per heavy atom. The normalized spacial score (nSPS) is 11.5. The van der Waals surface area contributed by atoms with Crippen LogP contribution in [-0.4, -0.2) is 51.1 Å². The lowest BCUT2D eigenvalue weighted by atomic mass is 10.1. The van der Waals surface area contributed by atoms with Gasteiger partial charge in [0.05, 0.1) is 7.11 Å². The van der Waals surface area contributed by atoms with Crippen LogP contribution in [0.2, 0.25) is 5.15 Å². The van der Waals surface area contributed by atoms with Crippen molar-refractivity contribution in [3.8, 4) is 11.7 Å². The number of nitrogens with one attached hydrogen (secondary N) is 2. The van der Waals surface area contributed by atoms with Crippen LogP contribution in [0.1, 0.15) is 18.4 Å². The molecule has 0 bridgehead atoms. The highest BCUT2D eigenvalue weighted by atomic mass is 35.5. The predicted molar refractivity (Wildman–Crippen MR) is 126 cm³/mol. The molecule has 3 rings (SSSR count). The number of aromatic nitrogens is 4. The maximum absolute atomic E-state index is 13.0. The van der Waals surface area contributed by atoms with Crippen LogP contribution >= 0.6 is 11.6 Å². The highest BCUT2D eigenvalue weighted by molar-refractivity contribution is 6.29. The number of imidazole rings is 1. The monoisotopic (exact) mass is 471 g/mol. The zero-order chi connectivity index (χ0) is 23.6. The number of aliphatic imine (C=N–C) groups is 1. The minimum atomic E-state index is -0.598. The first-order chi connectivity index (χ1) is 15.9. The van der Waals surface area contributed by atoms with Crippen LogP contribution in [0.3, 0.4) is 0 Å². The van der Waals surface area contributed by atoms with Gasteiger partial charge in [0, 0.05) is 31.5 Å². The van der Waals surface area contributed by atoms with Crippen molar-refractivity contribution >= 4 is 29.3 Å². The summed E-state index contributed by atoms with van der Waals surface area (Å²) >= 11 is 6.18. The number of hydrogen-bond donors (Lipinski definition) is 4. The third-order valence-electron chi connectivity index (χ3n) is 4.63. The second kappa shape index (κ2) is 11.7. The maximum atomic E-state index is 13.0. The van der Waals surface area contributed by atoms with E-state index < -0.39 is 6.04 Å². The molecule has 3 aromatic rings. The van der Waals surface area contributed by atoms with Crippen LogP contribution in [-0.2, 0) is 11.3 Å². The maximum Gasteiger partial charge on any atom is 0.242 e. The van der Waals surface area contributed by atoms with E-state index in [9.17, 15) is 4.79 Å². The van der Waals surface area contributed by atoms with Gasteiger partial charge in [-0.05, 0) is 30.5 Å². The van der Waals surface area contributed by atoms with Crippen molar-refractivity contribution in [3.63, 3.8) is 0 Å². The lowest BCUT2D eigenvalue weighted by Gasteiger charge is -2.19. The molecule has 0 saturated carbocycles. The number of methoxy groups -OCH3 is 1. The molecule has 1 unspecified atom stereocenters. The van der Waals surface area contributed by atoms with Gasteiger partial charge < -0.3 is 26.8 Å². The summed E-state index contributed by atoms with van der Waals surface area (Å²) in [6, 6.07) is 8.42. The van der Waals surface area contributed by atoms with Crippen molar-refractivity contribution in [2.45, 2.75) is 25.4 Å². The smallest absolute Gasteiger partial charge is 0.242 e. The summed E-state index contributed by atoms with van der Waals surface area (Å²) in [4.78, 5) is 29.6. The molecule has 0 fully saturated rings. The molecule has 0 aliphatic heterocycles. The van der Waals surface area contributed by atoms with E-state index in [0.717, 1.165) is 11.3 Å². The number of carbonyl (C=O) groups excluding carboxylic acids is 1. The van der Waals surface area contributed by atoms with E-state index in [4.69, 9.17) is 27.8 Å². The first-order valence-electron chi connectivity index (χ1n) is 10.2. The molecule has 11 nitrogen and oxygen atoms in total. The fourth-order valence-electron chi connectivity index (χ4n) is 2.98. The number of nitrogens with two attached hydrogens (primary N) is 2. The Balaban J connectivity index is 1.71. The second-order valence-electron chi connectivity index (χ2n) is 7.06. The number of carbonyl (C=O) groups is 1. The summed E-state index contributed by atoms with van der Waals surface area (Å²) in [7, 11) is 1.60. The molecule has 0 radical (unpaired) electrons. The van der Waals surface area contributed by atoms with Crippen LogP contribution in [0.15, 0.2) is 54.0 Å². The molecule has 2 heterocycles. The molecule has 12 heteroatoms. The molecule has 2 aromatic heterocycles. The van der Waals surface area contributed by atoms with Crippen molar-refractivity contribution in [2.24, 2.45) is 16.5 Å². The molecule has 0 aliphatic rings. The van der Waals surface area contributed by atoms with Gasteiger partial charge >= 0.3 is 0 Å². The van der Waals surface area contributed by atoms with Crippen molar-refractivity contribution in [1.29, 1.82) is 0 Å². The number of ether oxygens (including phenoxy) is 1. The van der Waals surface area contributed by atoms with E-state index in [1.54, 1.807) is 36.5 Å². The lowest BCUT2D eigenvalue weighted by Crippen LogP contribution is -2.39. The van der Waals surface area contributed by atoms with Gasteiger partial charge in [0.15, 0.2) is 5.96 Å². The Morgan fingerprint density at radius 2 is 2.06 bits per heavy atom. The third kappa shape index (κ3) is 7.35. The number of rotatable bonds is 11.